The lowest BCUT2D eigenvalue weighted by molar-refractivity contribution is 0.172. The van der Waals surface area contributed by atoms with E-state index in [1.54, 1.807) is 12.1 Å². The minimum atomic E-state index is -3.61. The van der Waals surface area contributed by atoms with Crippen LogP contribution in [0.5, 0.6) is 0 Å². The summed E-state index contributed by atoms with van der Waals surface area (Å²) in [4.78, 5) is 0.254. The van der Waals surface area contributed by atoms with Gasteiger partial charge in [-0.15, -0.1) is 0 Å². The van der Waals surface area contributed by atoms with Crippen molar-refractivity contribution in [3.8, 4) is 0 Å². The van der Waals surface area contributed by atoms with E-state index in [4.69, 9.17) is 0 Å². The summed E-state index contributed by atoms with van der Waals surface area (Å²) in [6.07, 6.45) is 1.09. The van der Waals surface area contributed by atoms with Gasteiger partial charge in [-0.05, 0) is 49.9 Å². The fourth-order valence-electron chi connectivity index (χ4n) is 2.08. The van der Waals surface area contributed by atoms with Gasteiger partial charge in [-0.1, -0.05) is 19.9 Å². The molecule has 0 aliphatic carbocycles. The first-order valence-corrected chi connectivity index (χ1v) is 8.00. The smallest absolute Gasteiger partial charge is 0.241 e. The monoisotopic (exact) mass is 285 g/mol. The lowest BCUT2D eigenvalue weighted by Gasteiger charge is -2.30. The largest absolute Gasteiger partial charge is 0.394 e. The summed E-state index contributed by atoms with van der Waals surface area (Å²) in [6.45, 7) is 7.26. The molecular weight excluding hydrogens is 262 g/mol. The van der Waals surface area contributed by atoms with Crippen molar-refractivity contribution in [1.82, 2.24) is 4.72 Å². The quantitative estimate of drug-likeness (QED) is 0.841. The van der Waals surface area contributed by atoms with E-state index < -0.39 is 15.6 Å². The SMILES string of the molecule is CCC(CC)(CO)NS(=O)(=O)c1cc(C)cc(C)c1. The molecule has 0 saturated carbocycles. The highest BCUT2D eigenvalue weighted by molar-refractivity contribution is 7.89. The molecule has 0 aliphatic heterocycles. The predicted molar refractivity (Wildman–Crippen MR) is 76.6 cm³/mol. The summed E-state index contributed by atoms with van der Waals surface area (Å²) >= 11 is 0. The number of hydrogen-bond acceptors (Lipinski definition) is 3. The van der Waals surface area contributed by atoms with E-state index in [1.807, 2.05) is 33.8 Å². The summed E-state index contributed by atoms with van der Waals surface area (Å²) in [5.41, 5.74) is 1.03. The van der Waals surface area contributed by atoms with Gasteiger partial charge in [-0.2, -0.15) is 0 Å². The van der Waals surface area contributed by atoms with Crippen LogP contribution in [0, 0.1) is 13.8 Å². The number of sulfonamides is 1. The van der Waals surface area contributed by atoms with E-state index in [2.05, 4.69) is 4.72 Å². The van der Waals surface area contributed by atoms with Gasteiger partial charge in [0.05, 0.1) is 17.0 Å². The van der Waals surface area contributed by atoms with Gasteiger partial charge >= 0.3 is 0 Å². The van der Waals surface area contributed by atoms with E-state index in [1.165, 1.54) is 0 Å². The Kier molecular flexibility index (Phi) is 5.12. The fourth-order valence-corrected chi connectivity index (χ4v) is 3.81. The summed E-state index contributed by atoms with van der Waals surface area (Å²) < 4.78 is 27.5. The first-order valence-electron chi connectivity index (χ1n) is 6.51. The zero-order valence-electron chi connectivity index (χ0n) is 12.0. The van der Waals surface area contributed by atoms with Crippen LogP contribution in [0.3, 0.4) is 0 Å². The van der Waals surface area contributed by atoms with E-state index in [9.17, 15) is 13.5 Å². The second-order valence-corrected chi connectivity index (χ2v) is 6.76. The number of aryl methyl sites for hydroxylation is 2. The van der Waals surface area contributed by atoms with Gasteiger partial charge in [0.15, 0.2) is 0 Å². The van der Waals surface area contributed by atoms with Crippen LogP contribution in [0.2, 0.25) is 0 Å². The molecular formula is C14H23NO3S. The predicted octanol–water partition coefficient (Wildman–Crippen LogP) is 2.13. The van der Waals surface area contributed by atoms with Gasteiger partial charge in [0.1, 0.15) is 0 Å². The Bertz CT molecular complexity index is 505. The molecule has 0 spiro atoms. The van der Waals surface area contributed by atoms with Crippen molar-refractivity contribution in [1.29, 1.82) is 0 Å². The van der Waals surface area contributed by atoms with Crippen LogP contribution >= 0.6 is 0 Å². The highest BCUT2D eigenvalue weighted by Gasteiger charge is 2.31. The third-order valence-electron chi connectivity index (χ3n) is 3.51. The minimum Gasteiger partial charge on any atom is -0.394 e. The number of benzene rings is 1. The van der Waals surface area contributed by atoms with Crippen molar-refractivity contribution in [2.24, 2.45) is 0 Å². The van der Waals surface area contributed by atoms with Gasteiger partial charge < -0.3 is 5.11 Å². The van der Waals surface area contributed by atoms with Gasteiger partial charge in [-0.3, -0.25) is 0 Å². The third kappa shape index (κ3) is 3.78. The van der Waals surface area contributed by atoms with E-state index in [-0.39, 0.29) is 11.5 Å². The lowest BCUT2D eigenvalue weighted by atomic mass is 9.96. The minimum absolute atomic E-state index is 0.204. The molecule has 19 heavy (non-hydrogen) atoms. The molecule has 4 nitrogen and oxygen atoms in total. The van der Waals surface area contributed by atoms with Crippen molar-refractivity contribution in [2.45, 2.75) is 51.0 Å². The van der Waals surface area contributed by atoms with Crippen LogP contribution in [0.25, 0.3) is 0 Å². The number of hydrogen-bond donors (Lipinski definition) is 2. The Hall–Kier alpha value is -0.910. The number of rotatable bonds is 6. The molecule has 0 aromatic heterocycles. The summed E-state index contributed by atoms with van der Waals surface area (Å²) in [7, 11) is -3.61. The molecule has 0 heterocycles. The molecule has 1 rings (SSSR count). The van der Waals surface area contributed by atoms with Gasteiger partial charge in [0.25, 0.3) is 0 Å². The highest BCUT2D eigenvalue weighted by atomic mass is 32.2. The van der Waals surface area contributed by atoms with Gasteiger partial charge in [0, 0.05) is 0 Å². The maximum atomic E-state index is 12.4. The Morgan fingerprint density at radius 1 is 1.11 bits per heavy atom. The van der Waals surface area contributed by atoms with Crippen LogP contribution in [-0.2, 0) is 10.0 Å². The first-order chi connectivity index (χ1) is 8.78. The van der Waals surface area contributed by atoms with E-state index in [0.717, 1.165) is 11.1 Å². The van der Waals surface area contributed by atoms with Crippen LogP contribution in [0.1, 0.15) is 37.8 Å². The zero-order valence-corrected chi connectivity index (χ0v) is 12.8. The topological polar surface area (TPSA) is 66.4 Å². The second-order valence-electron chi connectivity index (χ2n) is 5.07. The Balaban J connectivity index is 3.17. The molecule has 0 bridgehead atoms. The highest BCUT2D eigenvalue weighted by Crippen LogP contribution is 2.20. The van der Waals surface area contributed by atoms with Crippen LogP contribution < -0.4 is 4.72 Å². The van der Waals surface area contributed by atoms with Crippen LogP contribution in [0.15, 0.2) is 23.1 Å². The normalized spacial score (nSPS) is 12.7. The Labute approximate surface area is 115 Å². The van der Waals surface area contributed by atoms with Gasteiger partial charge in [-0.25, -0.2) is 13.1 Å². The summed E-state index contributed by atoms with van der Waals surface area (Å²) in [6, 6.07) is 5.21. The summed E-state index contributed by atoms with van der Waals surface area (Å²) in [5, 5.41) is 9.47. The molecule has 0 aliphatic rings. The van der Waals surface area contributed by atoms with Crippen molar-refractivity contribution in [2.75, 3.05) is 6.61 Å². The molecule has 0 saturated heterocycles. The maximum Gasteiger partial charge on any atom is 0.241 e. The average Bonchev–Trinajstić information content (AvgIpc) is 2.35. The van der Waals surface area contributed by atoms with E-state index in [0.29, 0.717) is 12.8 Å². The Morgan fingerprint density at radius 3 is 1.95 bits per heavy atom. The van der Waals surface area contributed by atoms with E-state index >= 15 is 0 Å². The maximum absolute atomic E-state index is 12.4. The lowest BCUT2D eigenvalue weighted by Crippen LogP contribution is -2.50. The van der Waals surface area contributed by atoms with Gasteiger partial charge in [0.2, 0.25) is 10.0 Å². The summed E-state index contributed by atoms with van der Waals surface area (Å²) in [5.74, 6) is 0. The van der Waals surface area contributed by atoms with Crippen molar-refractivity contribution < 1.29 is 13.5 Å². The van der Waals surface area contributed by atoms with Crippen molar-refractivity contribution in [3.63, 3.8) is 0 Å². The number of aliphatic hydroxyl groups excluding tert-OH is 1. The first kappa shape index (κ1) is 16.1. The third-order valence-corrected chi connectivity index (χ3v) is 5.07. The molecule has 0 atom stereocenters. The molecule has 0 radical (unpaired) electrons. The fraction of sp³-hybridized carbons (Fsp3) is 0.571. The molecule has 1 aromatic rings. The second kappa shape index (κ2) is 6.03. The molecule has 2 N–H and O–H groups in total. The molecule has 5 heteroatoms. The molecule has 0 unspecified atom stereocenters. The number of nitrogens with one attached hydrogen (secondary N) is 1. The number of aliphatic hydroxyl groups is 1. The Morgan fingerprint density at radius 2 is 1.58 bits per heavy atom. The van der Waals surface area contributed by atoms with Crippen LogP contribution in [-0.4, -0.2) is 25.7 Å². The standard InChI is InChI=1S/C14H23NO3S/c1-5-14(6-2,10-16)15-19(17,18)13-8-11(3)7-12(4)9-13/h7-9,15-16H,5-6,10H2,1-4H3. The molecule has 108 valence electrons. The average molecular weight is 285 g/mol. The van der Waals surface area contributed by atoms with Crippen molar-refractivity contribution >= 4 is 10.0 Å². The van der Waals surface area contributed by atoms with Crippen molar-refractivity contribution in [3.05, 3.63) is 29.3 Å². The zero-order chi connectivity index (χ0) is 14.7. The molecule has 0 amide bonds. The molecule has 1 aromatic carbocycles. The molecule has 0 fully saturated rings. The van der Waals surface area contributed by atoms with Crippen LogP contribution in [0.4, 0.5) is 0 Å².